The molecular weight excluding hydrogens is 895 g/mol. The maximum absolute atomic E-state index is 14.7. The van der Waals surface area contributed by atoms with Crippen LogP contribution >= 0.6 is 0 Å². The molecule has 0 bridgehead atoms. The summed E-state index contributed by atoms with van der Waals surface area (Å²) < 4.78 is 13.5. The van der Waals surface area contributed by atoms with Crippen molar-refractivity contribution in [3.8, 4) is 0 Å². The molecule has 71 heavy (non-hydrogen) atoms. The zero-order valence-corrected chi connectivity index (χ0v) is 45.1. The molecule has 4 amide bonds. The first-order chi connectivity index (χ1) is 33.7. The molecular formula is C56H89N9O6. The highest BCUT2D eigenvalue weighted by molar-refractivity contribution is 5.99. The number of nitrogens with one attached hydrogen (secondary N) is 4. The second-order valence-electron chi connectivity index (χ2n) is 22.8. The van der Waals surface area contributed by atoms with Crippen LogP contribution < -0.4 is 27.0 Å². The van der Waals surface area contributed by atoms with Crippen LogP contribution in [-0.4, -0.2) is 165 Å². The Hall–Kier alpha value is -4.22. The van der Waals surface area contributed by atoms with Crippen molar-refractivity contribution in [2.75, 3.05) is 86.3 Å². The summed E-state index contributed by atoms with van der Waals surface area (Å²) in [5.74, 6) is -0.642. The molecule has 4 aliphatic rings. The Kier molecular flexibility index (Phi) is 19.1. The zero-order chi connectivity index (χ0) is 51.7. The number of ether oxygens (including phenoxy) is 2. The number of fused-ring (bicyclic) bond motifs is 2. The van der Waals surface area contributed by atoms with Gasteiger partial charge in [0, 0.05) is 52.4 Å². The number of hydrogen-bond donors (Lipinski definition) is 5. The summed E-state index contributed by atoms with van der Waals surface area (Å²) in [7, 11) is 3.37. The fourth-order valence-corrected chi connectivity index (χ4v) is 12.1. The number of rotatable bonds is 21. The molecule has 0 spiro atoms. The van der Waals surface area contributed by atoms with Crippen LogP contribution in [0.25, 0.3) is 0 Å². The Morgan fingerprint density at radius 1 is 0.732 bits per heavy atom. The number of benzene rings is 2. The molecule has 6 N–H and O–H groups in total. The van der Waals surface area contributed by atoms with E-state index in [9.17, 15) is 19.2 Å². The molecule has 0 saturated carbocycles. The van der Waals surface area contributed by atoms with Crippen LogP contribution in [-0.2, 0) is 41.5 Å². The van der Waals surface area contributed by atoms with E-state index < -0.39 is 35.2 Å². The van der Waals surface area contributed by atoms with Crippen molar-refractivity contribution >= 4 is 23.6 Å². The van der Waals surface area contributed by atoms with Crippen molar-refractivity contribution in [1.82, 2.24) is 40.9 Å². The van der Waals surface area contributed by atoms with E-state index in [1.165, 1.54) is 11.1 Å². The fourth-order valence-electron chi connectivity index (χ4n) is 12.1. The fraction of sp³-hybridized carbons (Fsp3) is 0.679. The van der Waals surface area contributed by atoms with Crippen LogP contribution in [0.3, 0.4) is 0 Å². The lowest BCUT2D eigenvalue weighted by Gasteiger charge is -2.47. The standard InChI is InChI=1S/C56H89N9O6/c1-39(2)46(60-49(66)41(5)58-10)51(68)64-28-24-53(6)32-44(34-62(37-55(53,64)8)26-22-42-18-14-12-15-19-42)36-70-30-31-71-45-33-54(7)25-29-65(52(69)47(40(3)4)61-50(67)48(57)59-11)56(54,9)38-63(35-45)27-23-43-20-16-13-17-21-43/h12-21,39,41,44-46,48,58-59H,22-38,57H2,1-11H3,(H,60,66)(H,61,67)/t41-,44+,45+,46-,48+,53-,54-,55+,56+/m0/s1. The SMILES string of the molecule is CN[C@@H](C)C(=O)N[C@H](C(=O)N1CC[C@@]2(C)C[C@@H](COCCO[C@H]3CN(CCc4ccccc4)C[C@@]4(C)N(C(=O)C(NC(=O)[C@H](N)NC)=C(C)C)CC[C@@]4(C)C3)CN(CCc3ccccc3)C[C@@]12C)C(C)C. The monoisotopic (exact) mass is 984 g/mol. The normalized spacial score (nSPS) is 28.3. The molecule has 394 valence electrons. The van der Waals surface area contributed by atoms with Crippen molar-refractivity contribution < 1.29 is 28.7 Å². The van der Waals surface area contributed by atoms with Gasteiger partial charge in [-0.2, -0.15) is 0 Å². The van der Waals surface area contributed by atoms with Gasteiger partial charge in [0.1, 0.15) is 17.9 Å². The summed E-state index contributed by atoms with van der Waals surface area (Å²) in [6.45, 7) is 26.1. The van der Waals surface area contributed by atoms with Gasteiger partial charge in [-0.25, -0.2) is 0 Å². The van der Waals surface area contributed by atoms with Crippen molar-refractivity contribution in [3.05, 3.63) is 83.1 Å². The van der Waals surface area contributed by atoms with Gasteiger partial charge < -0.3 is 45.9 Å². The van der Waals surface area contributed by atoms with E-state index >= 15 is 0 Å². The number of hydrogen-bond acceptors (Lipinski definition) is 11. The maximum Gasteiger partial charge on any atom is 0.270 e. The van der Waals surface area contributed by atoms with E-state index in [0.717, 1.165) is 76.8 Å². The molecule has 4 aliphatic heterocycles. The molecule has 6 rings (SSSR count). The minimum atomic E-state index is -0.941. The smallest absolute Gasteiger partial charge is 0.270 e. The first kappa shape index (κ1) is 56.1. The van der Waals surface area contributed by atoms with Gasteiger partial charge in [0.25, 0.3) is 11.8 Å². The summed E-state index contributed by atoms with van der Waals surface area (Å²) in [5.41, 5.74) is 8.12. The highest BCUT2D eigenvalue weighted by atomic mass is 16.5. The molecule has 0 aliphatic carbocycles. The van der Waals surface area contributed by atoms with Gasteiger partial charge in [-0.1, -0.05) is 88.4 Å². The van der Waals surface area contributed by atoms with Gasteiger partial charge in [-0.15, -0.1) is 0 Å². The molecule has 15 heteroatoms. The van der Waals surface area contributed by atoms with Gasteiger partial charge in [0.2, 0.25) is 11.8 Å². The van der Waals surface area contributed by atoms with Crippen molar-refractivity contribution in [3.63, 3.8) is 0 Å². The first-order valence-corrected chi connectivity index (χ1v) is 26.4. The number of likely N-dealkylation sites (N-methyl/N-ethyl adjacent to an activating group) is 2. The first-order valence-electron chi connectivity index (χ1n) is 26.4. The lowest BCUT2D eigenvalue weighted by molar-refractivity contribution is -0.143. The van der Waals surface area contributed by atoms with E-state index in [2.05, 4.69) is 118 Å². The Morgan fingerprint density at radius 3 is 1.83 bits per heavy atom. The van der Waals surface area contributed by atoms with Crippen molar-refractivity contribution in [2.45, 2.75) is 136 Å². The van der Waals surface area contributed by atoms with Crippen LogP contribution in [0, 0.1) is 22.7 Å². The average Bonchev–Trinajstić information content (AvgIpc) is 3.65. The average molecular weight is 984 g/mol. The molecule has 15 nitrogen and oxygen atoms in total. The number of nitrogens with zero attached hydrogens (tertiary/aromatic N) is 4. The molecule has 0 aromatic heterocycles. The van der Waals surface area contributed by atoms with Gasteiger partial charge in [-0.05, 0) is 127 Å². The third-order valence-electron chi connectivity index (χ3n) is 17.2. The van der Waals surface area contributed by atoms with E-state index in [0.29, 0.717) is 39.5 Å². The quantitative estimate of drug-likeness (QED) is 0.0675. The van der Waals surface area contributed by atoms with Crippen LogP contribution in [0.2, 0.25) is 0 Å². The Morgan fingerprint density at radius 2 is 1.28 bits per heavy atom. The third-order valence-corrected chi connectivity index (χ3v) is 17.2. The minimum Gasteiger partial charge on any atom is -0.379 e. The predicted molar refractivity (Wildman–Crippen MR) is 281 cm³/mol. The van der Waals surface area contributed by atoms with Gasteiger partial charge in [-0.3, -0.25) is 29.4 Å². The Bertz CT molecular complexity index is 2140. The van der Waals surface area contributed by atoms with E-state index in [4.69, 9.17) is 15.2 Å². The minimum absolute atomic E-state index is 0.00233. The van der Waals surface area contributed by atoms with Crippen LogP contribution in [0.4, 0.5) is 0 Å². The highest BCUT2D eigenvalue weighted by Crippen LogP contribution is 2.53. The zero-order valence-electron chi connectivity index (χ0n) is 45.1. The number of carbonyl (C=O) groups is 4. The Balaban J connectivity index is 1.15. The molecule has 9 atom stereocenters. The van der Waals surface area contributed by atoms with Crippen molar-refractivity contribution in [2.24, 2.45) is 28.4 Å². The van der Waals surface area contributed by atoms with E-state index in [1.807, 2.05) is 45.6 Å². The number of amides is 4. The number of allylic oxidation sites excluding steroid dienone is 1. The van der Waals surface area contributed by atoms with Crippen LogP contribution in [0.15, 0.2) is 71.9 Å². The summed E-state index contributed by atoms with van der Waals surface area (Å²) in [4.78, 5) is 64.5. The summed E-state index contributed by atoms with van der Waals surface area (Å²) in [6, 6.07) is 20.1. The van der Waals surface area contributed by atoms with Crippen LogP contribution in [0.1, 0.15) is 99.1 Å². The summed E-state index contributed by atoms with van der Waals surface area (Å²) >= 11 is 0. The predicted octanol–water partition coefficient (Wildman–Crippen LogP) is 4.56. The summed E-state index contributed by atoms with van der Waals surface area (Å²) in [5, 5.41) is 11.7. The molecule has 0 radical (unpaired) electrons. The second kappa shape index (κ2) is 24.2. The topological polar surface area (TPSA) is 174 Å². The highest BCUT2D eigenvalue weighted by Gasteiger charge is 2.60. The van der Waals surface area contributed by atoms with Gasteiger partial charge >= 0.3 is 0 Å². The molecule has 2 aromatic rings. The lowest BCUT2D eigenvalue weighted by atomic mass is 9.68. The van der Waals surface area contributed by atoms with Crippen LogP contribution in [0.5, 0.6) is 0 Å². The van der Waals surface area contributed by atoms with E-state index in [1.54, 1.807) is 14.1 Å². The second-order valence-corrected chi connectivity index (χ2v) is 22.8. The molecule has 4 saturated heterocycles. The third kappa shape index (κ3) is 12.9. The van der Waals surface area contributed by atoms with Gasteiger partial charge in [0.05, 0.1) is 43.0 Å². The largest absolute Gasteiger partial charge is 0.379 e. The number of likely N-dealkylation sites (tertiary alicyclic amines) is 4. The molecule has 0 unspecified atom stereocenters. The van der Waals surface area contributed by atoms with Crippen molar-refractivity contribution in [1.29, 1.82) is 0 Å². The van der Waals surface area contributed by atoms with Gasteiger partial charge in [0.15, 0.2) is 0 Å². The van der Waals surface area contributed by atoms with E-state index in [-0.39, 0.29) is 52.2 Å². The maximum atomic E-state index is 14.7. The lowest BCUT2D eigenvalue weighted by Crippen LogP contribution is -2.62. The molecule has 4 fully saturated rings. The molecule has 4 heterocycles. The number of nitrogens with two attached hydrogens (primary N) is 1. The Labute approximate surface area is 425 Å². The number of carbonyl (C=O) groups excluding carboxylic acids is 4. The molecule has 2 aromatic carbocycles. The summed E-state index contributed by atoms with van der Waals surface area (Å²) in [6.07, 6.45) is 4.13.